The van der Waals surface area contributed by atoms with Gasteiger partial charge in [0.05, 0.1) is 11.0 Å². The van der Waals surface area contributed by atoms with Gasteiger partial charge < -0.3 is 4.57 Å². The predicted molar refractivity (Wildman–Crippen MR) is 254 cm³/mol. The molecule has 0 fully saturated rings. The highest BCUT2D eigenvalue weighted by Gasteiger charge is 2.23. The van der Waals surface area contributed by atoms with Crippen molar-refractivity contribution in [3.05, 3.63) is 218 Å². The minimum atomic E-state index is 0.622. The summed E-state index contributed by atoms with van der Waals surface area (Å²) in [6, 6.07) is 77.7. The first kappa shape index (κ1) is 34.8. The van der Waals surface area contributed by atoms with Crippen LogP contribution in [0, 0.1) is 0 Å². The zero-order valence-electron chi connectivity index (χ0n) is 33.1. The maximum Gasteiger partial charge on any atom is 0.164 e. The lowest BCUT2D eigenvalue weighted by Gasteiger charge is -2.19. The summed E-state index contributed by atoms with van der Waals surface area (Å²) in [6.07, 6.45) is 0. The van der Waals surface area contributed by atoms with Gasteiger partial charge in [0.25, 0.3) is 0 Å². The highest BCUT2D eigenvalue weighted by molar-refractivity contribution is 6.27. The Balaban J connectivity index is 1.21. The van der Waals surface area contributed by atoms with Crippen molar-refractivity contribution in [1.82, 2.24) is 19.5 Å². The van der Waals surface area contributed by atoms with E-state index in [1.54, 1.807) is 0 Å². The van der Waals surface area contributed by atoms with Gasteiger partial charge in [0.1, 0.15) is 0 Å². The maximum atomic E-state index is 5.24. The molecule has 284 valence electrons. The van der Waals surface area contributed by atoms with Crippen LogP contribution in [0.3, 0.4) is 0 Å². The van der Waals surface area contributed by atoms with E-state index >= 15 is 0 Å². The van der Waals surface area contributed by atoms with Gasteiger partial charge in [-0.3, -0.25) is 0 Å². The molecule has 0 amide bonds. The van der Waals surface area contributed by atoms with Crippen molar-refractivity contribution in [1.29, 1.82) is 0 Å². The Bertz CT molecular complexity index is 3570. The van der Waals surface area contributed by atoms with Crippen molar-refractivity contribution in [3.63, 3.8) is 0 Å². The summed E-state index contributed by atoms with van der Waals surface area (Å²) >= 11 is 0. The molecule has 0 aliphatic heterocycles. The van der Waals surface area contributed by atoms with Crippen LogP contribution in [-0.2, 0) is 0 Å². The van der Waals surface area contributed by atoms with Gasteiger partial charge in [0.15, 0.2) is 17.5 Å². The molecule has 2 heterocycles. The van der Waals surface area contributed by atoms with E-state index in [1.165, 1.54) is 48.6 Å². The van der Waals surface area contributed by atoms with E-state index in [9.17, 15) is 0 Å². The molecule has 0 spiro atoms. The normalized spacial score (nSPS) is 11.6. The number of para-hydroxylation sites is 2. The number of hydrogen-bond donors (Lipinski definition) is 0. The van der Waals surface area contributed by atoms with E-state index in [4.69, 9.17) is 15.0 Å². The van der Waals surface area contributed by atoms with Crippen molar-refractivity contribution in [3.8, 4) is 62.1 Å². The number of fused-ring (bicyclic) bond motifs is 9. The first-order valence-corrected chi connectivity index (χ1v) is 20.7. The largest absolute Gasteiger partial charge is 0.309 e. The third-order valence-corrected chi connectivity index (χ3v) is 12.0. The molecule has 12 aromatic rings. The van der Waals surface area contributed by atoms with Gasteiger partial charge in [-0.15, -0.1) is 0 Å². The Morgan fingerprint density at radius 1 is 0.262 bits per heavy atom. The van der Waals surface area contributed by atoms with E-state index in [0.717, 1.165) is 50.1 Å². The van der Waals surface area contributed by atoms with E-state index in [1.807, 2.05) is 36.4 Å². The lowest BCUT2D eigenvalue weighted by molar-refractivity contribution is 1.07. The molecule has 0 aliphatic carbocycles. The summed E-state index contributed by atoms with van der Waals surface area (Å²) in [7, 11) is 0. The van der Waals surface area contributed by atoms with Crippen molar-refractivity contribution in [2.45, 2.75) is 0 Å². The quantitative estimate of drug-likeness (QED) is 0.158. The van der Waals surface area contributed by atoms with Gasteiger partial charge in [0, 0.05) is 33.2 Å². The highest BCUT2D eigenvalue weighted by atomic mass is 15.0. The fourth-order valence-corrected chi connectivity index (χ4v) is 9.34. The summed E-state index contributed by atoms with van der Waals surface area (Å²) < 4.78 is 2.40. The molecule has 10 aromatic carbocycles. The van der Waals surface area contributed by atoms with E-state index < -0.39 is 0 Å². The van der Waals surface area contributed by atoms with Crippen LogP contribution >= 0.6 is 0 Å². The zero-order chi connectivity index (χ0) is 40.3. The van der Waals surface area contributed by atoms with Crippen LogP contribution in [0.15, 0.2) is 218 Å². The molecule has 12 rings (SSSR count). The monoisotopic (exact) mass is 776 g/mol. The molecule has 61 heavy (non-hydrogen) atoms. The van der Waals surface area contributed by atoms with Crippen LogP contribution in [0.4, 0.5) is 0 Å². The molecule has 4 nitrogen and oxygen atoms in total. The molecular weight excluding hydrogens is 741 g/mol. The van der Waals surface area contributed by atoms with Crippen LogP contribution in [0.2, 0.25) is 0 Å². The van der Waals surface area contributed by atoms with Crippen molar-refractivity contribution in [2.24, 2.45) is 0 Å². The number of benzene rings is 10. The first-order valence-electron chi connectivity index (χ1n) is 20.7. The average molecular weight is 777 g/mol. The fourth-order valence-electron chi connectivity index (χ4n) is 9.34. The summed E-state index contributed by atoms with van der Waals surface area (Å²) in [5, 5.41) is 9.77. The second-order valence-electron chi connectivity index (χ2n) is 15.5. The molecule has 4 heteroatoms. The Kier molecular flexibility index (Phi) is 8.13. The van der Waals surface area contributed by atoms with Crippen LogP contribution < -0.4 is 0 Å². The molecule has 0 N–H and O–H groups in total. The van der Waals surface area contributed by atoms with E-state index in [2.05, 4.69) is 187 Å². The lowest BCUT2D eigenvalue weighted by atomic mass is 9.85. The van der Waals surface area contributed by atoms with Gasteiger partial charge in [0.2, 0.25) is 0 Å². The number of hydrogen-bond acceptors (Lipinski definition) is 3. The zero-order valence-corrected chi connectivity index (χ0v) is 33.1. The first-order chi connectivity index (χ1) is 30.3. The maximum absolute atomic E-state index is 5.24. The third kappa shape index (κ3) is 5.72. The highest BCUT2D eigenvalue weighted by Crippen LogP contribution is 2.47. The van der Waals surface area contributed by atoms with Crippen molar-refractivity contribution >= 4 is 54.1 Å². The average Bonchev–Trinajstić information content (AvgIpc) is 3.69. The minimum absolute atomic E-state index is 0.622. The predicted octanol–water partition coefficient (Wildman–Crippen LogP) is 14.8. The van der Waals surface area contributed by atoms with E-state index in [0.29, 0.717) is 17.5 Å². The summed E-state index contributed by atoms with van der Waals surface area (Å²) in [6.45, 7) is 0. The second kappa shape index (κ2) is 14.3. The van der Waals surface area contributed by atoms with Gasteiger partial charge in [-0.2, -0.15) is 0 Å². The fraction of sp³-hybridized carbons (Fsp3) is 0. The van der Waals surface area contributed by atoms with Crippen LogP contribution in [0.1, 0.15) is 0 Å². The Morgan fingerprint density at radius 2 is 0.672 bits per heavy atom. The van der Waals surface area contributed by atoms with Crippen molar-refractivity contribution < 1.29 is 0 Å². The minimum Gasteiger partial charge on any atom is -0.309 e. The molecular formula is C57H36N4. The molecule has 0 bridgehead atoms. The smallest absolute Gasteiger partial charge is 0.164 e. The number of rotatable bonds is 6. The SMILES string of the molecule is c1ccc(-c2nc(-c3ccccc3)nc(-c3ccccc3-c3cc4c5ccccc5c5ccccc5c4cc3-c3cccc4c3c3ccccc3n4-c3ccccc3)n2)cc1. The van der Waals surface area contributed by atoms with Crippen LogP contribution in [-0.4, -0.2) is 19.5 Å². The summed E-state index contributed by atoms with van der Waals surface area (Å²) in [5.74, 6) is 1.89. The summed E-state index contributed by atoms with van der Waals surface area (Å²) in [5.41, 5.74) is 10.7. The second-order valence-corrected chi connectivity index (χ2v) is 15.5. The van der Waals surface area contributed by atoms with Crippen LogP contribution in [0.25, 0.3) is 116 Å². The lowest BCUT2D eigenvalue weighted by Crippen LogP contribution is -2.01. The molecule has 0 saturated carbocycles. The summed E-state index contributed by atoms with van der Waals surface area (Å²) in [4.78, 5) is 15.5. The Morgan fingerprint density at radius 3 is 1.26 bits per heavy atom. The van der Waals surface area contributed by atoms with Gasteiger partial charge in [-0.1, -0.05) is 182 Å². The molecule has 0 atom stereocenters. The van der Waals surface area contributed by atoms with Gasteiger partial charge in [-0.05, 0) is 91.0 Å². The molecule has 0 aliphatic rings. The number of nitrogens with zero attached hydrogens (tertiary/aromatic N) is 4. The number of aromatic nitrogens is 4. The molecule has 0 radical (unpaired) electrons. The molecule has 0 unspecified atom stereocenters. The topological polar surface area (TPSA) is 43.6 Å². The van der Waals surface area contributed by atoms with Crippen LogP contribution in [0.5, 0.6) is 0 Å². The van der Waals surface area contributed by atoms with Crippen molar-refractivity contribution in [2.75, 3.05) is 0 Å². The van der Waals surface area contributed by atoms with Gasteiger partial charge >= 0.3 is 0 Å². The Labute approximate surface area is 352 Å². The molecule has 0 saturated heterocycles. The third-order valence-electron chi connectivity index (χ3n) is 12.0. The standard InChI is InChI=1S/C57H36N4/c1-4-19-37(20-5-1)55-58-56(38-21-6-2-7-22-38)60-57(59-55)46-30-15-14-29-44(46)50-35-48-42-27-12-10-25-40(42)41-26-11-13-28-43(41)49(48)36-51(50)45-32-18-34-53-54(45)47-31-16-17-33-52(47)61(53)39-23-8-3-9-24-39/h1-36H. The van der Waals surface area contributed by atoms with Gasteiger partial charge in [-0.25, -0.2) is 15.0 Å². The van der Waals surface area contributed by atoms with E-state index in [-0.39, 0.29) is 0 Å². The Hall–Kier alpha value is -8.21. The molecule has 2 aromatic heterocycles.